The number of benzene rings is 1. The zero-order valence-corrected chi connectivity index (χ0v) is 9.86. The van der Waals surface area contributed by atoms with Crippen molar-refractivity contribution >= 4 is 17.4 Å². The maximum Gasteiger partial charge on any atom is 0.138 e. The van der Waals surface area contributed by atoms with Gasteiger partial charge in [0.05, 0.1) is 16.0 Å². The molecule has 0 radical (unpaired) electrons. The molecule has 0 saturated carbocycles. The van der Waals surface area contributed by atoms with Gasteiger partial charge in [-0.2, -0.15) is 0 Å². The Morgan fingerprint density at radius 3 is 2.57 bits per heavy atom. The van der Waals surface area contributed by atoms with E-state index in [1.165, 1.54) is 6.07 Å². The molecule has 0 bridgehead atoms. The lowest BCUT2D eigenvalue weighted by atomic mass is 10.3. The van der Waals surface area contributed by atoms with Gasteiger partial charge in [0.15, 0.2) is 0 Å². The average Bonchev–Trinajstić information content (AvgIpc) is 2.50. The van der Waals surface area contributed by atoms with E-state index >= 15 is 0 Å². The van der Waals surface area contributed by atoms with Crippen molar-refractivity contribution in [2.75, 3.05) is 11.9 Å². The first-order valence-corrected chi connectivity index (χ1v) is 5.76. The highest BCUT2D eigenvalue weighted by molar-refractivity contribution is 8.00. The van der Waals surface area contributed by atoms with Crippen molar-refractivity contribution in [3.05, 3.63) is 24.0 Å². The summed E-state index contributed by atoms with van der Waals surface area (Å²) >= 11 is 1.58. The van der Waals surface area contributed by atoms with Gasteiger partial charge in [0.2, 0.25) is 0 Å². The van der Waals surface area contributed by atoms with E-state index in [1.807, 2.05) is 27.0 Å². The smallest absolute Gasteiger partial charge is 0.138 e. The van der Waals surface area contributed by atoms with Crippen LogP contribution in [0, 0.1) is 5.82 Å². The highest BCUT2D eigenvalue weighted by Crippen LogP contribution is 2.43. The molecule has 1 aromatic rings. The van der Waals surface area contributed by atoms with Crippen molar-refractivity contribution in [2.24, 2.45) is 0 Å². The molecule has 1 heterocycles. The predicted octanol–water partition coefficient (Wildman–Crippen LogP) is 3.74. The fourth-order valence-corrected chi connectivity index (χ4v) is 2.46. The average molecular weight is 213 g/mol. The predicted molar refractivity (Wildman–Crippen MR) is 61.5 cm³/mol. The number of fused-ring (bicyclic) bond motifs is 1. The van der Waals surface area contributed by atoms with Crippen LogP contribution >= 0.6 is 11.8 Å². The van der Waals surface area contributed by atoms with E-state index in [0.29, 0.717) is 5.37 Å². The summed E-state index contributed by atoms with van der Waals surface area (Å²) in [6, 6.07) is 5.22. The number of halogens is 1. The second-order valence-electron chi connectivity index (χ2n) is 2.92. The van der Waals surface area contributed by atoms with Crippen LogP contribution in [0.4, 0.5) is 10.1 Å². The van der Waals surface area contributed by atoms with E-state index in [9.17, 15) is 4.39 Å². The number of hydrogen-bond acceptors (Lipinski definition) is 2. The third-order valence-electron chi connectivity index (χ3n) is 2.16. The normalized spacial score (nSPS) is 18.6. The lowest BCUT2D eigenvalue weighted by molar-refractivity contribution is 0.603. The highest BCUT2D eigenvalue weighted by atomic mass is 32.2. The zero-order chi connectivity index (χ0) is 10.7. The number of rotatable bonds is 0. The second kappa shape index (κ2) is 4.69. The van der Waals surface area contributed by atoms with Gasteiger partial charge < -0.3 is 4.90 Å². The zero-order valence-electron chi connectivity index (χ0n) is 9.04. The maximum absolute atomic E-state index is 13.2. The molecule has 1 nitrogen and oxygen atoms in total. The molecule has 1 aromatic carbocycles. The van der Waals surface area contributed by atoms with Gasteiger partial charge in [-0.3, -0.25) is 0 Å². The molecule has 1 unspecified atom stereocenters. The summed E-state index contributed by atoms with van der Waals surface area (Å²) in [7, 11) is 1.99. The van der Waals surface area contributed by atoms with E-state index in [-0.39, 0.29) is 5.82 Å². The molecule has 0 fully saturated rings. The summed E-state index contributed by atoms with van der Waals surface area (Å²) in [5.41, 5.74) is 1.01. The summed E-state index contributed by atoms with van der Waals surface area (Å²) in [5.74, 6) is -0.103. The van der Waals surface area contributed by atoms with Gasteiger partial charge in [0.25, 0.3) is 0 Å². The Morgan fingerprint density at radius 2 is 2.00 bits per heavy atom. The maximum atomic E-state index is 13.2. The Hall–Kier alpha value is -0.700. The molecule has 0 aromatic heterocycles. The molecule has 78 valence electrons. The van der Waals surface area contributed by atoms with Gasteiger partial charge in [-0.05, 0) is 19.1 Å². The van der Waals surface area contributed by atoms with Crippen molar-refractivity contribution in [3.63, 3.8) is 0 Å². The van der Waals surface area contributed by atoms with Gasteiger partial charge in [0, 0.05) is 7.05 Å². The summed E-state index contributed by atoms with van der Waals surface area (Å²) in [4.78, 5) is 2.87. The third-order valence-corrected chi connectivity index (χ3v) is 3.46. The molecule has 1 aliphatic heterocycles. The van der Waals surface area contributed by atoms with Crippen LogP contribution in [-0.4, -0.2) is 12.4 Å². The van der Waals surface area contributed by atoms with Crippen molar-refractivity contribution < 1.29 is 4.39 Å². The number of nitrogens with zero attached hydrogens (tertiary/aromatic N) is 1. The quantitative estimate of drug-likeness (QED) is 0.646. The van der Waals surface area contributed by atoms with Crippen LogP contribution in [0.1, 0.15) is 20.8 Å². The third kappa shape index (κ3) is 1.87. The fraction of sp³-hybridized carbons (Fsp3) is 0.455. The van der Waals surface area contributed by atoms with Gasteiger partial charge >= 0.3 is 0 Å². The number of hydrogen-bond donors (Lipinski definition) is 0. The number of anilines is 1. The van der Waals surface area contributed by atoms with Crippen molar-refractivity contribution in [1.29, 1.82) is 0 Å². The van der Waals surface area contributed by atoms with Crippen LogP contribution < -0.4 is 4.90 Å². The molecule has 3 heteroatoms. The first-order valence-electron chi connectivity index (χ1n) is 4.88. The SMILES string of the molecule is CC.CC1Sc2c(F)cccc2N1C. The van der Waals surface area contributed by atoms with Gasteiger partial charge in [-0.15, -0.1) is 0 Å². The van der Waals surface area contributed by atoms with E-state index in [1.54, 1.807) is 17.8 Å². The van der Waals surface area contributed by atoms with Crippen LogP contribution in [0.5, 0.6) is 0 Å². The molecular formula is C11H16FNS. The second-order valence-corrected chi connectivity index (χ2v) is 4.24. The molecule has 0 aliphatic carbocycles. The van der Waals surface area contributed by atoms with Gasteiger partial charge in [-0.25, -0.2) is 4.39 Å². The topological polar surface area (TPSA) is 3.24 Å². The van der Waals surface area contributed by atoms with Gasteiger partial charge in [-0.1, -0.05) is 31.7 Å². The van der Waals surface area contributed by atoms with Crippen molar-refractivity contribution in [3.8, 4) is 0 Å². The Balaban J connectivity index is 0.000000461. The summed E-state index contributed by atoms with van der Waals surface area (Å²) in [6.07, 6.45) is 0. The Labute approximate surface area is 89.3 Å². The van der Waals surface area contributed by atoms with E-state index < -0.39 is 0 Å². The van der Waals surface area contributed by atoms with E-state index in [0.717, 1.165) is 10.6 Å². The minimum absolute atomic E-state index is 0.103. The first-order chi connectivity index (χ1) is 6.70. The highest BCUT2D eigenvalue weighted by Gasteiger charge is 2.25. The van der Waals surface area contributed by atoms with Crippen LogP contribution in [0.2, 0.25) is 0 Å². The molecule has 1 aliphatic rings. The fourth-order valence-electron chi connectivity index (χ4n) is 1.34. The van der Waals surface area contributed by atoms with E-state index in [2.05, 4.69) is 11.8 Å². The molecule has 0 amide bonds. The Kier molecular flexibility index (Phi) is 3.81. The molecule has 14 heavy (non-hydrogen) atoms. The molecule has 2 rings (SSSR count). The van der Waals surface area contributed by atoms with Crippen LogP contribution in [0.25, 0.3) is 0 Å². The van der Waals surface area contributed by atoms with Gasteiger partial charge in [0.1, 0.15) is 5.82 Å². The van der Waals surface area contributed by atoms with Crippen molar-refractivity contribution in [1.82, 2.24) is 0 Å². The Morgan fingerprint density at radius 1 is 1.36 bits per heavy atom. The first kappa shape index (κ1) is 11.4. The molecule has 1 atom stereocenters. The largest absolute Gasteiger partial charge is 0.362 e. The Bertz CT molecular complexity index is 314. The van der Waals surface area contributed by atoms with E-state index in [4.69, 9.17) is 0 Å². The lowest BCUT2D eigenvalue weighted by Crippen LogP contribution is -2.20. The van der Waals surface area contributed by atoms with Crippen LogP contribution in [0.3, 0.4) is 0 Å². The molecular weight excluding hydrogens is 197 g/mol. The molecule has 0 N–H and O–H groups in total. The molecule has 0 spiro atoms. The van der Waals surface area contributed by atoms with Crippen molar-refractivity contribution in [2.45, 2.75) is 31.0 Å². The monoisotopic (exact) mass is 213 g/mol. The van der Waals surface area contributed by atoms with Crippen LogP contribution in [0.15, 0.2) is 23.1 Å². The van der Waals surface area contributed by atoms with Crippen LogP contribution in [-0.2, 0) is 0 Å². The minimum Gasteiger partial charge on any atom is -0.362 e. The summed E-state index contributed by atoms with van der Waals surface area (Å²) < 4.78 is 13.2. The summed E-state index contributed by atoms with van der Waals surface area (Å²) in [6.45, 7) is 6.07. The number of thioether (sulfide) groups is 1. The summed E-state index contributed by atoms with van der Waals surface area (Å²) in [5, 5.41) is 0.344. The lowest BCUT2D eigenvalue weighted by Gasteiger charge is -2.16. The molecule has 0 saturated heterocycles. The standard InChI is InChI=1S/C9H10FNS.C2H6/c1-6-11(2)8-5-3-4-7(10)9(8)12-6;1-2/h3-6H,1-2H3;1-2H3. The minimum atomic E-state index is -0.103.